The molecule has 3 aromatic carbocycles. The smallest absolute Gasteiger partial charge is 0.338 e. The van der Waals surface area contributed by atoms with Gasteiger partial charge in [-0.05, 0) is 61.0 Å². The summed E-state index contributed by atoms with van der Waals surface area (Å²) in [7, 11) is 0. The lowest BCUT2D eigenvalue weighted by Crippen LogP contribution is -2.29. The first-order valence-electron chi connectivity index (χ1n) is 9.66. The van der Waals surface area contributed by atoms with E-state index in [9.17, 15) is 19.2 Å². The highest BCUT2D eigenvalue weighted by molar-refractivity contribution is 9.10. The number of amides is 3. The fourth-order valence-electron chi connectivity index (χ4n) is 3.36. The van der Waals surface area contributed by atoms with Crippen LogP contribution in [0.15, 0.2) is 71.2 Å². The van der Waals surface area contributed by atoms with Crippen molar-refractivity contribution in [3.63, 3.8) is 0 Å². The van der Waals surface area contributed by atoms with Gasteiger partial charge >= 0.3 is 5.97 Å². The van der Waals surface area contributed by atoms with Gasteiger partial charge in [-0.1, -0.05) is 34.1 Å². The van der Waals surface area contributed by atoms with Gasteiger partial charge in [-0.2, -0.15) is 0 Å². The van der Waals surface area contributed by atoms with Crippen molar-refractivity contribution in [2.45, 2.75) is 6.92 Å². The Balaban J connectivity index is 1.43. The number of benzene rings is 3. The number of anilines is 2. The van der Waals surface area contributed by atoms with Crippen LogP contribution >= 0.6 is 15.9 Å². The number of nitrogens with zero attached hydrogens (tertiary/aromatic N) is 1. The molecule has 32 heavy (non-hydrogen) atoms. The predicted octanol–water partition coefficient (Wildman–Crippen LogP) is 4.35. The van der Waals surface area contributed by atoms with E-state index in [0.717, 1.165) is 14.9 Å². The number of imide groups is 1. The summed E-state index contributed by atoms with van der Waals surface area (Å²) in [5, 5.41) is 2.69. The van der Waals surface area contributed by atoms with E-state index in [1.807, 2.05) is 13.0 Å². The fraction of sp³-hybridized carbons (Fsp3) is 0.0833. The van der Waals surface area contributed by atoms with Crippen LogP contribution in [0.4, 0.5) is 11.4 Å². The molecule has 0 atom stereocenters. The van der Waals surface area contributed by atoms with Gasteiger partial charge in [0.05, 0.1) is 22.4 Å². The minimum Gasteiger partial charge on any atom is -0.452 e. The molecule has 3 aromatic rings. The van der Waals surface area contributed by atoms with Crippen molar-refractivity contribution in [3.05, 3.63) is 93.5 Å². The van der Waals surface area contributed by atoms with Crippen LogP contribution in [0.5, 0.6) is 0 Å². The number of esters is 1. The van der Waals surface area contributed by atoms with Crippen molar-refractivity contribution in [3.8, 4) is 0 Å². The van der Waals surface area contributed by atoms with Crippen LogP contribution < -0.4 is 10.2 Å². The first kappa shape index (κ1) is 21.5. The van der Waals surface area contributed by atoms with Crippen LogP contribution in [0, 0.1) is 6.92 Å². The molecule has 0 saturated carbocycles. The summed E-state index contributed by atoms with van der Waals surface area (Å²) in [6.07, 6.45) is 0. The number of ether oxygens (including phenoxy) is 1. The number of hydrogen-bond acceptors (Lipinski definition) is 5. The van der Waals surface area contributed by atoms with Crippen molar-refractivity contribution >= 4 is 51.0 Å². The highest BCUT2D eigenvalue weighted by Crippen LogP contribution is 2.29. The van der Waals surface area contributed by atoms with Gasteiger partial charge in [0.25, 0.3) is 17.7 Å². The third kappa shape index (κ3) is 4.17. The van der Waals surface area contributed by atoms with Gasteiger partial charge in [0.2, 0.25) is 0 Å². The van der Waals surface area contributed by atoms with Gasteiger partial charge in [0.1, 0.15) is 0 Å². The normalized spacial score (nSPS) is 12.5. The van der Waals surface area contributed by atoms with Crippen LogP contribution in [0.25, 0.3) is 0 Å². The number of halogens is 1. The second-order valence-electron chi connectivity index (χ2n) is 7.13. The number of fused-ring (bicyclic) bond motifs is 1. The summed E-state index contributed by atoms with van der Waals surface area (Å²) in [4.78, 5) is 51.0. The Bertz CT molecular complexity index is 1240. The molecular formula is C24H17BrN2O5. The van der Waals surface area contributed by atoms with E-state index in [1.54, 1.807) is 48.5 Å². The molecule has 160 valence electrons. The molecule has 0 aliphatic carbocycles. The molecule has 3 amide bonds. The second kappa shape index (κ2) is 8.76. The SMILES string of the molecule is Cc1cc(Br)ccc1NC(=O)COC(=O)c1cccc(N2C(=O)c3ccccc3C2=O)c1. The molecule has 8 heteroatoms. The van der Waals surface area contributed by atoms with Gasteiger partial charge < -0.3 is 10.1 Å². The predicted molar refractivity (Wildman–Crippen MR) is 122 cm³/mol. The summed E-state index contributed by atoms with van der Waals surface area (Å²) in [5.74, 6) is -2.15. The lowest BCUT2D eigenvalue weighted by Gasteiger charge is -2.15. The fourth-order valence-corrected chi connectivity index (χ4v) is 3.84. The maximum Gasteiger partial charge on any atom is 0.338 e. The molecule has 0 saturated heterocycles. The van der Waals surface area contributed by atoms with E-state index in [2.05, 4.69) is 21.2 Å². The van der Waals surface area contributed by atoms with Crippen LogP contribution in [0.1, 0.15) is 36.6 Å². The van der Waals surface area contributed by atoms with Crippen LogP contribution in [0.3, 0.4) is 0 Å². The molecule has 0 radical (unpaired) electrons. The average molecular weight is 493 g/mol. The van der Waals surface area contributed by atoms with E-state index in [-0.39, 0.29) is 11.3 Å². The van der Waals surface area contributed by atoms with Crippen LogP contribution in [-0.4, -0.2) is 30.3 Å². The Labute approximate surface area is 192 Å². The minimum atomic E-state index is -0.744. The highest BCUT2D eigenvalue weighted by Gasteiger charge is 2.36. The maximum atomic E-state index is 12.7. The zero-order chi connectivity index (χ0) is 22.8. The highest BCUT2D eigenvalue weighted by atomic mass is 79.9. The van der Waals surface area contributed by atoms with E-state index < -0.39 is 30.3 Å². The van der Waals surface area contributed by atoms with Gasteiger partial charge in [0, 0.05) is 10.2 Å². The van der Waals surface area contributed by atoms with Gasteiger partial charge in [-0.3, -0.25) is 14.4 Å². The molecule has 4 rings (SSSR count). The Hall–Kier alpha value is -3.78. The molecule has 1 aliphatic heterocycles. The van der Waals surface area contributed by atoms with Crippen molar-refractivity contribution in [1.29, 1.82) is 0 Å². The van der Waals surface area contributed by atoms with Crippen molar-refractivity contribution in [2.75, 3.05) is 16.8 Å². The Morgan fingerprint density at radius 2 is 1.62 bits per heavy atom. The largest absolute Gasteiger partial charge is 0.452 e. The number of nitrogens with one attached hydrogen (secondary N) is 1. The third-order valence-corrected chi connectivity index (χ3v) is 5.42. The summed E-state index contributed by atoms with van der Waals surface area (Å²) < 4.78 is 6.00. The number of carbonyl (C=O) groups is 4. The molecule has 0 bridgehead atoms. The van der Waals surface area contributed by atoms with Crippen molar-refractivity contribution in [2.24, 2.45) is 0 Å². The Morgan fingerprint density at radius 3 is 2.28 bits per heavy atom. The van der Waals surface area contributed by atoms with Gasteiger partial charge in [-0.25, -0.2) is 9.69 Å². The van der Waals surface area contributed by atoms with E-state index in [0.29, 0.717) is 16.8 Å². The summed E-state index contributed by atoms with van der Waals surface area (Å²) in [6.45, 7) is 1.36. The van der Waals surface area contributed by atoms with E-state index >= 15 is 0 Å². The average Bonchev–Trinajstić information content (AvgIpc) is 3.04. The molecule has 0 aromatic heterocycles. The van der Waals surface area contributed by atoms with Gasteiger partial charge in [0.15, 0.2) is 6.61 Å². The summed E-state index contributed by atoms with van der Waals surface area (Å²) in [5.41, 5.74) is 2.46. The zero-order valence-electron chi connectivity index (χ0n) is 16.9. The molecule has 7 nitrogen and oxygen atoms in total. The van der Waals surface area contributed by atoms with E-state index in [1.165, 1.54) is 12.1 Å². The topological polar surface area (TPSA) is 92.8 Å². The molecular weight excluding hydrogens is 476 g/mol. The van der Waals surface area contributed by atoms with E-state index in [4.69, 9.17) is 4.74 Å². The molecule has 0 spiro atoms. The molecule has 1 aliphatic rings. The minimum absolute atomic E-state index is 0.117. The number of aryl methyl sites for hydroxylation is 1. The number of rotatable bonds is 5. The molecule has 1 N–H and O–H groups in total. The van der Waals surface area contributed by atoms with Gasteiger partial charge in [-0.15, -0.1) is 0 Å². The summed E-state index contributed by atoms with van der Waals surface area (Å²) >= 11 is 3.36. The Kier molecular flexibility index (Phi) is 5.87. The second-order valence-corrected chi connectivity index (χ2v) is 8.04. The third-order valence-electron chi connectivity index (χ3n) is 4.93. The summed E-state index contributed by atoms with van der Waals surface area (Å²) in [6, 6.07) is 17.9. The quantitative estimate of drug-likeness (QED) is 0.422. The molecule has 0 fully saturated rings. The maximum absolute atomic E-state index is 12.7. The van der Waals surface area contributed by atoms with Crippen molar-refractivity contribution in [1.82, 2.24) is 0 Å². The lowest BCUT2D eigenvalue weighted by molar-refractivity contribution is -0.119. The van der Waals surface area contributed by atoms with Crippen LogP contribution in [-0.2, 0) is 9.53 Å². The molecule has 1 heterocycles. The van der Waals surface area contributed by atoms with Crippen molar-refractivity contribution < 1.29 is 23.9 Å². The number of carbonyl (C=O) groups excluding carboxylic acids is 4. The first-order chi connectivity index (χ1) is 15.3. The standard InChI is InChI=1S/C24H17BrN2O5/c1-14-11-16(25)9-10-20(14)26-21(28)13-32-24(31)15-5-4-6-17(12-15)27-22(29)18-7-2-3-8-19(18)23(27)30/h2-12H,13H2,1H3,(H,26,28). The zero-order valence-corrected chi connectivity index (χ0v) is 18.5. The Morgan fingerprint density at radius 1 is 0.938 bits per heavy atom. The first-order valence-corrected chi connectivity index (χ1v) is 10.5. The lowest BCUT2D eigenvalue weighted by atomic mass is 10.1. The van der Waals surface area contributed by atoms with Crippen LogP contribution in [0.2, 0.25) is 0 Å². The number of hydrogen-bond donors (Lipinski definition) is 1. The molecule has 0 unspecified atom stereocenters. The monoisotopic (exact) mass is 492 g/mol.